The smallest absolute Gasteiger partial charge is 0.334 e. The summed E-state index contributed by atoms with van der Waals surface area (Å²) in [4.78, 5) is 23.4. The highest BCUT2D eigenvalue weighted by Gasteiger charge is 2.58. The summed E-state index contributed by atoms with van der Waals surface area (Å²) in [5.41, 5.74) is 2.68. The molecule has 3 aliphatic rings. The quantitative estimate of drug-likeness (QED) is 0.316. The molecule has 0 N–H and O–H groups in total. The van der Waals surface area contributed by atoms with Gasteiger partial charge in [-0.25, -0.2) is 4.79 Å². The lowest BCUT2D eigenvalue weighted by Gasteiger charge is -2.19. The fourth-order valence-corrected chi connectivity index (χ4v) is 4.15. The lowest BCUT2D eigenvalue weighted by molar-refractivity contribution is -0.143. The van der Waals surface area contributed by atoms with Crippen LogP contribution in [0.5, 0.6) is 0 Å². The number of rotatable bonds is 2. The van der Waals surface area contributed by atoms with Gasteiger partial charge in [0.1, 0.15) is 18.3 Å². The monoisotopic (exact) mass is 374 g/mol. The maximum atomic E-state index is 12.1. The molecule has 3 rings (SSSR count). The van der Waals surface area contributed by atoms with Crippen LogP contribution in [0.25, 0.3) is 0 Å². The third-order valence-corrected chi connectivity index (χ3v) is 5.93. The van der Waals surface area contributed by atoms with Crippen LogP contribution in [0.15, 0.2) is 35.5 Å². The minimum absolute atomic E-state index is 0.0449. The minimum atomic E-state index is -0.450. The van der Waals surface area contributed by atoms with E-state index >= 15 is 0 Å². The fraction of sp³-hybridized carbons (Fsp3) is 0.636. The maximum absolute atomic E-state index is 12.1. The maximum Gasteiger partial charge on any atom is 0.334 e. The first-order valence-corrected chi connectivity index (χ1v) is 9.83. The van der Waals surface area contributed by atoms with Crippen molar-refractivity contribution >= 4 is 11.9 Å². The van der Waals surface area contributed by atoms with Crippen molar-refractivity contribution in [1.29, 1.82) is 0 Å². The molecule has 0 saturated carbocycles. The molecule has 0 spiro atoms. The number of hydrogen-bond donors (Lipinski definition) is 0. The zero-order valence-corrected chi connectivity index (χ0v) is 16.6. The summed E-state index contributed by atoms with van der Waals surface area (Å²) >= 11 is 0. The molecule has 148 valence electrons. The van der Waals surface area contributed by atoms with E-state index in [1.165, 1.54) is 18.1 Å². The average molecular weight is 374 g/mol. The molecule has 0 unspecified atom stereocenters. The molecule has 0 aromatic carbocycles. The molecule has 0 aromatic rings. The van der Waals surface area contributed by atoms with Crippen LogP contribution in [0.4, 0.5) is 0 Å². The first kappa shape index (κ1) is 19.9. The molecular weight excluding hydrogens is 344 g/mol. The highest BCUT2D eigenvalue weighted by atomic mass is 16.6. The Labute approximate surface area is 161 Å². The van der Waals surface area contributed by atoms with Crippen molar-refractivity contribution in [2.24, 2.45) is 5.92 Å². The molecule has 2 saturated heterocycles. The molecule has 5 heteroatoms. The topological polar surface area (TPSA) is 65.1 Å². The van der Waals surface area contributed by atoms with E-state index < -0.39 is 5.60 Å². The molecule has 1 aliphatic carbocycles. The molecule has 2 aliphatic heterocycles. The van der Waals surface area contributed by atoms with Gasteiger partial charge < -0.3 is 14.2 Å². The molecule has 2 fully saturated rings. The Bertz CT molecular complexity index is 689. The Hall–Kier alpha value is -1.88. The first-order valence-electron chi connectivity index (χ1n) is 9.83. The van der Waals surface area contributed by atoms with E-state index in [2.05, 4.69) is 32.6 Å². The minimum Gasteiger partial charge on any atom is -0.463 e. The summed E-state index contributed by atoms with van der Waals surface area (Å²) in [6, 6.07) is 0. The van der Waals surface area contributed by atoms with Crippen molar-refractivity contribution in [2.75, 3.05) is 6.61 Å². The Morgan fingerprint density at radius 2 is 2.04 bits per heavy atom. The lowest BCUT2D eigenvalue weighted by Crippen LogP contribution is -2.27. The van der Waals surface area contributed by atoms with E-state index in [0.29, 0.717) is 12.0 Å². The van der Waals surface area contributed by atoms with Gasteiger partial charge in [-0.05, 0) is 46.0 Å². The summed E-state index contributed by atoms with van der Waals surface area (Å²) in [5.74, 6) is -0.650. The second-order valence-corrected chi connectivity index (χ2v) is 8.15. The van der Waals surface area contributed by atoms with Gasteiger partial charge in [0.05, 0.1) is 6.10 Å². The highest BCUT2D eigenvalue weighted by Crippen LogP contribution is 2.48. The standard InChI is InChI=1S/C22H30O5/c1-14-7-5-8-15(2)11-19-18(16(3)21(24)26-19)12-20-22(27-20,10-6-9-14)13-25-17(4)23/h8-9,18-20H,3,5-7,10-13H2,1-2,4H3/b14-9+,15-8+/t18-,19+,20-,22+/m1/s1. The van der Waals surface area contributed by atoms with Crippen LogP contribution in [0.2, 0.25) is 0 Å². The van der Waals surface area contributed by atoms with Crippen LogP contribution in [0.3, 0.4) is 0 Å². The van der Waals surface area contributed by atoms with Gasteiger partial charge in [0.2, 0.25) is 0 Å². The average Bonchev–Trinajstić information content (AvgIpc) is 3.21. The molecule has 4 atom stereocenters. The van der Waals surface area contributed by atoms with Gasteiger partial charge in [0, 0.05) is 24.8 Å². The molecule has 0 amide bonds. The summed E-state index contributed by atoms with van der Waals surface area (Å²) < 4.78 is 16.9. The second kappa shape index (κ2) is 8.01. The zero-order valence-electron chi connectivity index (χ0n) is 16.6. The number of epoxide rings is 1. The summed E-state index contributed by atoms with van der Waals surface area (Å²) in [7, 11) is 0. The zero-order chi connectivity index (χ0) is 19.6. The van der Waals surface area contributed by atoms with Crippen molar-refractivity contribution in [1.82, 2.24) is 0 Å². The second-order valence-electron chi connectivity index (χ2n) is 8.15. The summed E-state index contributed by atoms with van der Waals surface area (Å²) in [6.45, 7) is 9.88. The van der Waals surface area contributed by atoms with E-state index in [4.69, 9.17) is 14.2 Å². The summed E-state index contributed by atoms with van der Waals surface area (Å²) in [6.07, 6.45) is 9.35. The number of esters is 2. The number of carbonyl (C=O) groups excluding carboxylic acids is 2. The van der Waals surface area contributed by atoms with Gasteiger partial charge in [0.15, 0.2) is 0 Å². The molecule has 5 nitrogen and oxygen atoms in total. The van der Waals surface area contributed by atoms with Gasteiger partial charge in [0.25, 0.3) is 0 Å². The van der Waals surface area contributed by atoms with Gasteiger partial charge in [-0.1, -0.05) is 29.9 Å². The normalized spacial score (nSPS) is 38.3. The molecule has 0 aromatic heterocycles. The van der Waals surface area contributed by atoms with Gasteiger partial charge in [-0.15, -0.1) is 0 Å². The number of ether oxygens (including phenoxy) is 3. The van der Waals surface area contributed by atoms with Crippen LogP contribution >= 0.6 is 0 Å². The van der Waals surface area contributed by atoms with Gasteiger partial charge >= 0.3 is 11.9 Å². The van der Waals surface area contributed by atoms with Crippen LogP contribution in [0.1, 0.15) is 59.3 Å². The fourth-order valence-electron chi connectivity index (χ4n) is 4.15. The van der Waals surface area contributed by atoms with Crippen molar-refractivity contribution in [3.63, 3.8) is 0 Å². The number of hydrogen-bond acceptors (Lipinski definition) is 5. The van der Waals surface area contributed by atoms with Crippen LogP contribution in [-0.2, 0) is 23.8 Å². The third-order valence-electron chi connectivity index (χ3n) is 5.93. The van der Waals surface area contributed by atoms with E-state index in [1.54, 1.807) is 0 Å². The first-order chi connectivity index (χ1) is 12.8. The van der Waals surface area contributed by atoms with Crippen molar-refractivity contribution in [2.45, 2.75) is 77.1 Å². The Kier molecular flexibility index (Phi) is 5.89. The Morgan fingerprint density at radius 1 is 1.30 bits per heavy atom. The van der Waals surface area contributed by atoms with E-state index in [1.807, 2.05) is 0 Å². The van der Waals surface area contributed by atoms with E-state index in [9.17, 15) is 9.59 Å². The number of carbonyl (C=O) groups is 2. The van der Waals surface area contributed by atoms with Crippen molar-refractivity contribution in [3.8, 4) is 0 Å². The molecule has 0 radical (unpaired) electrons. The largest absolute Gasteiger partial charge is 0.463 e. The number of fused-ring (bicyclic) bond motifs is 2. The van der Waals surface area contributed by atoms with Crippen LogP contribution in [-0.4, -0.2) is 36.4 Å². The SMILES string of the molecule is C=C1C(=O)O[C@H]2C/C(C)=C/CC/C(C)=C/CC[C@@]3(COC(C)=O)O[C@@H]3C[C@H]12. The predicted molar refractivity (Wildman–Crippen MR) is 102 cm³/mol. The lowest BCUT2D eigenvalue weighted by atomic mass is 9.85. The van der Waals surface area contributed by atoms with Gasteiger partial charge in [-0.3, -0.25) is 4.79 Å². The molecular formula is C22H30O5. The van der Waals surface area contributed by atoms with Crippen molar-refractivity contribution in [3.05, 3.63) is 35.5 Å². The van der Waals surface area contributed by atoms with Crippen LogP contribution in [0, 0.1) is 5.92 Å². The molecule has 0 bridgehead atoms. The van der Waals surface area contributed by atoms with Crippen LogP contribution < -0.4 is 0 Å². The van der Waals surface area contributed by atoms with E-state index in [0.717, 1.165) is 32.1 Å². The summed E-state index contributed by atoms with van der Waals surface area (Å²) in [5, 5.41) is 0. The Morgan fingerprint density at radius 3 is 2.78 bits per heavy atom. The Balaban J connectivity index is 1.80. The molecule has 2 heterocycles. The third kappa shape index (κ3) is 4.70. The predicted octanol–water partition coefficient (Wildman–Crippen LogP) is 4.03. The van der Waals surface area contributed by atoms with Crippen molar-refractivity contribution < 1.29 is 23.8 Å². The van der Waals surface area contributed by atoms with E-state index in [-0.39, 0.29) is 36.7 Å². The number of allylic oxidation sites excluding steroid dienone is 3. The van der Waals surface area contributed by atoms with Gasteiger partial charge in [-0.2, -0.15) is 0 Å². The molecule has 27 heavy (non-hydrogen) atoms. The highest BCUT2D eigenvalue weighted by molar-refractivity contribution is 5.90.